The molecule has 0 N–H and O–H groups in total. The van der Waals surface area contributed by atoms with Crippen molar-refractivity contribution < 1.29 is 52.8 Å². The second kappa shape index (κ2) is 8.23. The van der Waals surface area contributed by atoms with Crippen LogP contribution in [0.3, 0.4) is 0 Å². The van der Waals surface area contributed by atoms with E-state index >= 15 is 0 Å². The monoisotopic (exact) mass is 390 g/mol. The number of carbonyl (C=O) groups excluding carboxylic acids is 2. The normalized spacial score (nSPS) is 29.8. The molecule has 2 aliphatic rings. The molecule has 0 aromatic heterocycles. The molecule has 0 amide bonds. The Bertz CT molecular complexity index is 565. The lowest BCUT2D eigenvalue weighted by Crippen LogP contribution is -2.35. The van der Waals surface area contributed by atoms with Gasteiger partial charge in [0.05, 0.1) is 0 Å². The SMILES string of the molecule is C=C1OC(=O)OC1(C)CC(OC)OOOC(CC1(C)OC(=O)OC1=C)OC. The molecule has 4 atom stereocenters. The van der Waals surface area contributed by atoms with E-state index in [1.165, 1.54) is 14.2 Å². The first-order chi connectivity index (χ1) is 12.6. The van der Waals surface area contributed by atoms with Gasteiger partial charge in [-0.1, -0.05) is 18.2 Å². The van der Waals surface area contributed by atoms with E-state index in [1.54, 1.807) is 13.8 Å². The molecule has 0 aromatic rings. The molecular weight excluding hydrogens is 368 g/mol. The van der Waals surface area contributed by atoms with Crippen molar-refractivity contribution in [2.24, 2.45) is 0 Å². The Labute approximate surface area is 155 Å². The van der Waals surface area contributed by atoms with Crippen LogP contribution in [-0.2, 0) is 43.2 Å². The molecule has 11 nitrogen and oxygen atoms in total. The molecule has 11 heteroatoms. The van der Waals surface area contributed by atoms with Crippen molar-refractivity contribution in [1.82, 2.24) is 0 Å². The molecule has 0 radical (unpaired) electrons. The van der Waals surface area contributed by atoms with E-state index in [-0.39, 0.29) is 24.4 Å². The molecule has 2 heterocycles. The van der Waals surface area contributed by atoms with Crippen LogP contribution < -0.4 is 0 Å². The summed E-state index contributed by atoms with van der Waals surface area (Å²) in [5, 5.41) is 4.70. The van der Waals surface area contributed by atoms with Gasteiger partial charge in [-0.2, -0.15) is 9.78 Å². The highest BCUT2D eigenvalue weighted by Gasteiger charge is 2.46. The van der Waals surface area contributed by atoms with Gasteiger partial charge in [0.2, 0.25) is 0 Å². The Hall–Kier alpha value is -2.18. The van der Waals surface area contributed by atoms with Crippen molar-refractivity contribution in [3.05, 3.63) is 24.7 Å². The average molecular weight is 390 g/mol. The molecular formula is C16H22O11. The summed E-state index contributed by atoms with van der Waals surface area (Å²) in [4.78, 5) is 32.4. The second-order valence-corrected chi connectivity index (χ2v) is 6.22. The Balaban J connectivity index is 1.83. The summed E-state index contributed by atoms with van der Waals surface area (Å²) < 4.78 is 29.8. The fourth-order valence-corrected chi connectivity index (χ4v) is 2.31. The van der Waals surface area contributed by atoms with Crippen molar-refractivity contribution in [1.29, 1.82) is 0 Å². The standard InChI is InChI=1S/C16H22O11/c1-9-15(3,23-13(17)21-9)7-11(19-5)25-27-26-12(20-6)8-16(4)10(2)22-14(18)24-16/h11-12H,1-2,7-8H2,3-6H3. The van der Waals surface area contributed by atoms with Gasteiger partial charge in [-0.25, -0.2) is 9.59 Å². The van der Waals surface area contributed by atoms with Gasteiger partial charge >= 0.3 is 12.3 Å². The van der Waals surface area contributed by atoms with Gasteiger partial charge in [-0.3, -0.25) is 0 Å². The van der Waals surface area contributed by atoms with Crippen molar-refractivity contribution in [3.8, 4) is 0 Å². The van der Waals surface area contributed by atoms with E-state index in [4.69, 9.17) is 43.2 Å². The van der Waals surface area contributed by atoms with Gasteiger partial charge in [0.15, 0.2) is 23.8 Å². The summed E-state index contributed by atoms with van der Waals surface area (Å²) >= 11 is 0. The first kappa shape index (κ1) is 21.1. The van der Waals surface area contributed by atoms with Crippen molar-refractivity contribution in [2.45, 2.75) is 50.5 Å². The fourth-order valence-electron chi connectivity index (χ4n) is 2.31. The third-order valence-electron chi connectivity index (χ3n) is 4.14. The number of methoxy groups -OCH3 is 2. The molecule has 0 bridgehead atoms. The summed E-state index contributed by atoms with van der Waals surface area (Å²) in [5.74, 6) is 0.228. The molecule has 4 unspecified atom stereocenters. The summed E-state index contributed by atoms with van der Waals surface area (Å²) in [6, 6.07) is 0. The van der Waals surface area contributed by atoms with Gasteiger partial charge in [0, 0.05) is 27.1 Å². The van der Waals surface area contributed by atoms with Gasteiger partial charge < -0.3 is 28.4 Å². The predicted molar refractivity (Wildman–Crippen MR) is 84.3 cm³/mol. The molecule has 0 aromatic carbocycles. The Morgan fingerprint density at radius 3 is 1.48 bits per heavy atom. The van der Waals surface area contributed by atoms with Crippen LogP contribution in [0.25, 0.3) is 0 Å². The van der Waals surface area contributed by atoms with E-state index in [0.29, 0.717) is 0 Å². The molecule has 152 valence electrons. The molecule has 2 rings (SSSR count). The molecule has 2 saturated heterocycles. The molecule has 2 aliphatic heterocycles. The van der Waals surface area contributed by atoms with Crippen molar-refractivity contribution in [3.63, 3.8) is 0 Å². The fraction of sp³-hybridized carbons (Fsp3) is 0.625. The minimum atomic E-state index is -1.15. The van der Waals surface area contributed by atoms with Crippen LogP contribution in [0.2, 0.25) is 0 Å². The van der Waals surface area contributed by atoms with Gasteiger partial charge in [0.25, 0.3) is 0 Å². The number of rotatable bonds is 10. The number of hydrogen-bond donors (Lipinski definition) is 0. The van der Waals surface area contributed by atoms with Gasteiger partial charge in [-0.05, 0) is 13.8 Å². The maximum atomic E-state index is 11.2. The minimum absolute atomic E-state index is 0.0229. The molecule has 2 fully saturated rings. The van der Waals surface area contributed by atoms with E-state index in [0.717, 1.165) is 0 Å². The number of carbonyl (C=O) groups is 2. The lowest BCUT2D eigenvalue weighted by molar-refractivity contribution is -0.575. The average Bonchev–Trinajstić information content (AvgIpc) is 2.98. The number of cyclic esters (lactones) is 4. The zero-order valence-electron chi connectivity index (χ0n) is 15.5. The number of ether oxygens (including phenoxy) is 6. The van der Waals surface area contributed by atoms with Crippen LogP contribution in [0.1, 0.15) is 26.7 Å². The lowest BCUT2D eigenvalue weighted by atomic mass is 10.0. The summed E-state index contributed by atoms with van der Waals surface area (Å²) in [6.45, 7) is 10.4. The molecule has 0 aliphatic carbocycles. The maximum absolute atomic E-state index is 11.2. The summed E-state index contributed by atoms with van der Waals surface area (Å²) in [7, 11) is 2.71. The first-order valence-corrected chi connectivity index (χ1v) is 7.86. The van der Waals surface area contributed by atoms with E-state index < -0.39 is 36.1 Å². The zero-order chi connectivity index (χ0) is 20.2. The van der Waals surface area contributed by atoms with Crippen LogP contribution in [-0.4, -0.2) is 50.3 Å². The smallest absolute Gasteiger partial charge is 0.419 e. The van der Waals surface area contributed by atoms with Crippen LogP contribution in [0.5, 0.6) is 0 Å². The molecule has 27 heavy (non-hydrogen) atoms. The highest BCUT2D eigenvalue weighted by Crippen LogP contribution is 2.35. The largest absolute Gasteiger partial charge is 0.514 e. The van der Waals surface area contributed by atoms with E-state index in [2.05, 4.69) is 13.2 Å². The van der Waals surface area contributed by atoms with Gasteiger partial charge in [-0.15, -0.1) is 0 Å². The molecule has 0 saturated carbocycles. The van der Waals surface area contributed by atoms with Crippen molar-refractivity contribution in [2.75, 3.05) is 14.2 Å². The maximum Gasteiger partial charge on any atom is 0.514 e. The number of hydrogen-bond acceptors (Lipinski definition) is 11. The van der Waals surface area contributed by atoms with Gasteiger partial charge in [0.1, 0.15) is 11.5 Å². The first-order valence-electron chi connectivity index (χ1n) is 7.86. The Morgan fingerprint density at radius 1 is 0.852 bits per heavy atom. The summed E-state index contributed by atoms with van der Waals surface area (Å²) in [5.41, 5.74) is -2.30. The highest BCUT2D eigenvalue weighted by molar-refractivity contribution is 5.66. The predicted octanol–water partition coefficient (Wildman–Crippen LogP) is 2.47. The summed E-state index contributed by atoms with van der Waals surface area (Å²) in [6.07, 6.45) is -3.66. The van der Waals surface area contributed by atoms with Crippen LogP contribution >= 0.6 is 0 Å². The van der Waals surface area contributed by atoms with E-state index in [1.807, 2.05) is 0 Å². The third-order valence-corrected chi connectivity index (χ3v) is 4.14. The highest BCUT2D eigenvalue weighted by atomic mass is 17.5. The molecule has 0 spiro atoms. The van der Waals surface area contributed by atoms with E-state index in [9.17, 15) is 9.59 Å². The lowest BCUT2D eigenvalue weighted by Gasteiger charge is -2.26. The van der Waals surface area contributed by atoms with Crippen LogP contribution in [0.4, 0.5) is 9.59 Å². The van der Waals surface area contributed by atoms with Crippen LogP contribution in [0.15, 0.2) is 24.7 Å². The second-order valence-electron chi connectivity index (χ2n) is 6.22. The minimum Gasteiger partial charge on any atom is -0.419 e. The van der Waals surface area contributed by atoms with Crippen LogP contribution in [0, 0.1) is 0 Å². The zero-order valence-corrected chi connectivity index (χ0v) is 15.5. The topological polar surface area (TPSA) is 117 Å². The quantitative estimate of drug-likeness (QED) is 0.237. The Kier molecular flexibility index (Phi) is 6.44. The third kappa shape index (κ3) is 4.96. The van der Waals surface area contributed by atoms with Crippen molar-refractivity contribution >= 4 is 12.3 Å². The Morgan fingerprint density at radius 2 is 1.22 bits per heavy atom.